The van der Waals surface area contributed by atoms with Gasteiger partial charge in [-0.2, -0.15) is 5.10 Å². The Hall–Kier alpha value is -2.34. The van der Waals surface area contributed by atoms with Crippen molar-refractivity contribution in [2.24, 2.45) is 0 Å². The summed E-state index contributed by atoms with van der Waals surface area (Å²) >= 11 is 0. The number of carbonyl (C=O) groups excluding carboxylic acids is 1. The van der Waals surface area contributed by atoms with Crippen molar-refractivity contribution in [3.63, 3.8) is 0 Å². The van der Waals surface area contributed by atoms with Crippen LogP contribution in [0, 0.1) is 6.92 Å². The van der Waals surface area contributed by atoms with Gasteiger partial charge in [0, 0.05) is 18.7 Å². The Morgan fingerprint density at radius 1 is 1.39 bits per heavy atom. The number of nitrogens with zero attached hydrogens (tertiary/aromatic N) is 2. The number of nitrogens with one attached hydrogen (secondary N) is 3. The van der Waals surface area contributed by atoms with E-state index in [4.69, 9.17) is 0 Å². The SMILES string of the molecule is Cc1cc(NC(=O)NC[C@@H]2CCCN2)n(Cc2ccccc2)n1. The summed E-state index contributed by atoms with van der Waals surface area (Å²) in [5.41, 5.74) is 2.03. The Kier molecular flexibility index (Phi) is 4.92. The summed E-state index contributed by atoms with van der Waals surface area (Å²) in [6.07, 6.45) is 2.29. The molecule has 1 aliphatic heterocycles. The van der Waals surface area contributed by atoms with Gasteiger partial charge >= 0.3 is 6.03 Å². The lowest BCUT2D eigenvalue weighted by atomic mass is 10.2. The summed E-state index contributed by atoms with van der Waals surface area (Å²) in [7, 11) is 0. The zero-order valence-electron chi connectivity index (χ0n) is 13.4. The maximum absolute atomic E-state index is 12.1. The van der Waals surface area contributed by atoms with Gasteiger partial charge in [-0.1, -0.05) is 30.3 Å². The highest BCUT2D eigenvalue weighted by atomic mass is 16.2. The molecule has 3 rings (SSSR count). The van der Waals surface area contributed by atoms with Crippen LogP contribution in [0.2, 0.25) is 0 Å². The number of hydrogen-bond donors (Lipinski definition) is 3. The Morgan fingerprint density at radius 3 is 2.96 bits per heavy atom. The third-order valence-electron chi connectivity index (χ3n) is 3.99. The average Bonchev–Trinajstić information content (AvgIpc) is 3.17. The first-order valence-corrected chi connectivity index (χ1v) is 8.07. The number of carbonyl (C=O) groups is 1. The van der Waals surface area contributed by atoms with E-state index in [9.17, 15) is 4.79 Å². The van der Waals surface area contributed by atoms with Crippen LogP contribution in [0.4, 0.5) is 10.6 Å². The predicted octanol–water partition coefficient (Wildman–Crippen LogP) is 2.11. The molecule has 1 aromatic carbocycles. The number of aryl methyl sites for hydroxylation is 1. The first-order valence-electron chi connectivity index (χ1n) is 8.07. The molecule has 3 N–H and O–H groups in total. The van der Waals surface area contributed by atoms with Gasteiger partial charge in [0.05, 0.1) is 12.2 Å². The minimum Gasteiger partial charge on any atom is -0.336 e. The second kappa shape index (κ2) is 7.28. The van der Waals surface area contributed by atoms with E-state index in [0.717, 1.165) is 24.2 Å². The molecule has 2 heterocycles. The number of hydrogen-bond acceptors (Lipinski definition) is 3. The van der Waals surface area contributed by atoms with Crippen LogP contribution in [0.1, 0.15) is 24.1 Å². The number of benzene rings is 1. The summed E-state index contributed by atoms with van der Waals surface area (Å²) in [5, 5.41) is 13.6. The van der Waals surface area contributed by atoms with Gasteiger partial charge in [0.1, 0.15) is 5.82 Å². The molecule has 1 aromatic heterocycles. The van der Waals surface area contributed by atoms with Gasteiger partial charge in [0.15, 0.2) is 0 Å². The molecule has 6 heteroatoms. The summed E-state index contributed by atoms with van der Waals surface area (Å²) < 4.78 is 1.82. The predicted molar refractivity (Wildman–Crippen MR) is 90.6 cm³/mol. The summed E-state index contributed by atoms with van der Waals surface area (Å²) in [6.45, 7) is 4.25. The summed E-state index contributed by atoms with van der Waals surface area (Å²) in [5.74, 6) is 0.711. The van der Waals surface area contributed by atoms with Crippen LogP contribution in [0.5, 0.6) is 0 Å². The van der Waals surface area contributed by atoms with Crippen molar-refractivity contribution in [3.05, 3.63) is 47.7 Å². The van der Waals surface area contributed by atoms with Crippen molar-refractivity contribution in [1.82, 2.24) is 20.4 Å². The molecule has 6 nitrogen and oxygen atoms in total. The van der Waals surface area contributed by atoms with E-state index in [2.05, 4.69) is 21.0 Å². The molecule has 1 fully saturated rings. The lowest BCUT2D eigenvalue weighted by molar-refractivity contribution is 0.251. The highest BCUT2D eigenvalue weighted by Gasteiger charge is 2.15. The molecule has 1 aliphatic rings. The van der Waals surface area contributed by atoms with E-state index in [1.807, 2.05) is 48.0 Å². The van der Waals surface area contributed by atoms with Gasteiger partial charge < -0.3 is 10.6 Å². The van der Waals surface area contributed by atoms with Crippen LogP contribution in [0.3, 0.4) is 0 Å². The number of aromatic nitrogens is 2. The normalized spacial score (nSPS) is 17.2. The maximum Gasteiger partial charge on any atom is 0.320 e. The first kappa shape index (κ1) is 15.6. The molecular weight excluding hydrogens is 290 g/mol. The van der Waals surface area contributed by atoms with Gasteiger partial charge in [-0.25, -0.2) is 9.48 Å². The van der Waals surface area contributed by atoms with Gasteiger partial charge in [-0.15, -0.1) is 0 Å². The summed E-state index contributed by atoms with van der Waals surface area (Å²) in [6, 6.07) is 12.2. The molecule has 23 heavy (non-hydrogen) atoms. The van der Waals surface area contributed by atoms with Gasteiger partial charge in [-0.05, 0) is 31.9 Å². The summed E-state index contributed by atoms with van der Waals surface area (Å²) in [4.78, 5) is 12.1. The largest absolute Gasteiger partial charge is 0.336 e. The topological polar surface area (TPSA) is 71.0 Å². The molecule has 1 saturated heterocycles. The molecular formula is C17H23N5O. The van der Waals surface area contributed by atoms with Crippen molar-refractivity contribution in [2.45, 2.75) is 32.4 Å². The lowest BCUT2D eigenvalue weighted by Crippen LogP contribution is -2.39. The fraction of sp³-hybridized carbons (Fsp3) is 0.412. The smallest absolute Gasteiger partial charge is 0.320 e. The van der Waals surface area contributed by atoms with Crippen molar-refractivity contribution in [2.75, 3.05) is 18.4 Å². The minimum absolute atomic E-state index is 0.187. The molecule has 0 spiro atoms. The third kappa shape index (κ3) is 4.32. The van der Waals surface area contributed by atoms with E-state index < -0.39 is 0 Å². The number of anilines is 1. The molecule has 0 unspecified atom stereocenters. The van der Waals surface area contributed by atoms with Crippen molar-refractivity contribution in [3.8, 4) is 0 Å². The van der Waals surface area contributed by atoms with E-state index in [1.165, 1.54) is 6.42 Å². The highest BCUT2D eigenvalue weighted by molar-refractivity contribution is 5.88. The van der Waals surface area contributed by atoms with Crippen LogP contribution in [-0.2, 0) is 6.54 Å². The van der Waals surface area contributed by atoms with Crippen LogP contribution < -0.4 is 16.0 Å². The van der Waals surface area contributed by atoms with E-state index in [1.54, 1.807) is 0 Å². The maximum atomic E-state index is 12.1. The second-order valence-corrected chi connectivity index (χ2v) is 5.94. The molecule has 1 atom stereocenters. The monoisotopic (exact) mass is 313 g/mol. The lowest BCUT2D eigenvalue weighted by Gasteiger charge is -2.13. The molecule has 0 radical (unpaired) electrons. The minimum atomic E-state index is -0.187. The number of rotatable bonds is 5. The van der Waals surface area contributed by atoms with Crippen LogP contribution in [0.15, 0.2) is 36.4 Å². The highest BCUT2D eigenvalue weighted by Crippen LogP contribution is 2.13. The van der Waals surface area contributed by atoms with Gasteiger partial charge in [0.25, 0.3) is 0 Å². The molecule has 122 valence electrons. The average molecular weight is 313 g/mol. The Labute approximate surface area is 136 Å². The van der Waals surface area contributed by atoms with Crippen LogP contribution in [0.25, 0.3) is 0 Å². The second-order valence-electron chi connectivity index (χ2n) is 5.94. The van der Waals surface area contributed by atoms with Gasteiger partial charge in [-0.3, -0.25) is 5.32 Å². The zero-order valence-corrected chi connectivity index (χ0v) is 13.4. The molecule has 0 saturated carbocycles. The number of urea groups is 1. The van der Waals surface area contributed by atoms with Gasteiger partial charge in [0.2, 0.25) is 0 Å². The van der Waals surface area contributed by atoms with E-state index >= 15 is 0 Å². The van der Waals surface area contributed by atoms with Crippen molar-refractivity contribution < 1.29 is 4.79 Å². The zero-order chi connectivity index (χ0) is 16.1. The van der Waals surface area contributed by atoms with E-state index in [-0.39, 0.29) is 6.03 Å². The Bertz CT molecular complexity index is 646. The van der Waals surface area contributed by atoms with Crippen molar-refractivity contribution >= 4 is 11.8 Å². The quantitative estimate of drug-likeness (QED) is 0.792. The molecule has 0 bridgehead atoms. The van der Waals surface area contributed by atoms with Crippen molar-refractivity contribution in [1.29, 1.82) is 0 Å². The standard InChI is InChI=1S/C17H23N5O/c1-13-10-16(20-17(23)19-11-15-8-5-9-18-15)22(21-13)12-14-6-3-2-4-7-14/h2-4,6-7,10,15,18H,5,8-9,11-12H2,1H3,(H2,19,20,23)/t15-/m0/s1. The Balaban J connectivity index is 1.59. The fourth-order valence-corrected chi connectivity index (χ4v) is 2.83. The Morgan fingerprint density at radius 2 is 2.22 bits per heavy atom. The fourth-order valence-electron chi connectivity index (χ4n) is 2.83. The first-order chi connectivity index (χ1) is 11.2. The van der Waals surface area contributed by atoms with Crippen LogP contribution in [-0.4, -0.2) is 34.9 Å². The number of amides is 2. The third-order valence-corrected chi connectivity index (χ3v) is 3.99. The molecule has 2 amide bonds. The van der Waals surface area contributed by atoms with E-state index in [0.29, 0.717) is 24.9 Å². The molecule has 2 aromatic rings. The molecule has 0 aliphatic carbocycles. The van der Waals surface area contributed by atoms with Crippen LogP contribution >= 0.6 is 0 Å².